The number of nitrogens with zero attached hydrogens (tertiary/aromatic N) is 3. The molecule has 9 heteroatoms. The highest BCUT2D eigenvalue weighted by Crippen LogP contribution is 2.21. The van der Waals surface area contributed by atoms with Gasteiger partial charge in [0.25, 0.3) is 0 Å². The van der Waals surface area contributed by atoms with E-state index in [2.05, 4.69) is 27.5 Å². The summed E-state index contributed by atoms with van der Waals surface area (Å²) in [6.07, 6.45) is 5.90. The van der Waals surface area contributed by atoms with Crippen molar-refractivity contribution in [1.82, 2.24) is 19.9 Å². The number of aliphatic imine (C=N–C) groups is 1. The zero-order chi connectivity index (χ0) is 21.4. The van der Waals surface area contributed by atoms with E-state index < -0.39 is 10.0 Å². The second-order valence-corrected chi connectivity index (χ2v) is 10.4. The summed E-state index contributed by atoms with van der Waals surface area (Å²) in [6.45, 7) is 7.24. The topological polar surface area (TPSA) is 86.7 Å². The number of piperidine rings is 1. The minimum absolute atomic E-state index is 0.359. The Hall–Kier alpha value is -1.97. The van der Waals surface area contributed by atoms with Crippen molar-refractivity contribution in [2.24, 2.45) is 4.99 Å². The summed E-state index contributed by atoms with van der Waals surface area (Å²) < 4.78 is 27.1. The molecule has 30 heavy (non-hydrogen) atoms. The first-order valence-corrected chi connectivity index (χ1v) is 12.8. The lowest BCUT2D eigenvalue weighted by Gasteiger charge is -2.25. The molecule has 1 aromatic carbocycles. The predicted molar refractivity (Wildman–Crippen MR) is 122 cm³/mol. The maximum atomic E-state index is 12.8. The summed E-state index contributed by atoms with van der Waals surface area (Å²) in [5.74, 6) is 0.718. The standard InChI is InChI=1S/C21H31N5O2S2/c1-3-18-15-23-20(29-18)16-25-21(22-4-2)24-14-17-8-10-19(11-9-17)30(27,28)26-12-6-5-7-13-26/h8-11,15H,3-7,12-14,16H2,1-2H3,(H2,22,24,25). The molecule has 0 radical (unpaired) electrons. The Morgan fingerprint density at radius 1 is 1.13 bits per heavy atom. The lowest BCUT2D eigenvalue weighted by Crippen LogP contribution is -2.36. The summed E-state index contributed by atoms with van der Waals surface area (Å²) in [7, 11) is -3.39. The van der Waals surface area contributed by atoms with E-state index in [9.17, 15) is 8.42 Å². The van der Waals surface area contributed by atoms with Crippen LogP contribution in [-0.2, 0) is 29.5 Å². The quantitative estimate of drug-likeness (QED) is 0.478. The third-order valence-corrected chi connectivity index (χ3v) is 8.05. The van der Waals surface area contributed by atoms with Crippen LogP contribution >= 0.6 is 11.3 Å². The van der Waals surface area contributed by atoms with Crippen LogP contribution in [0.1, 0.15) is 48.6 Å². The summed E-state index contributed by atoms with van der Waals surface area (Å²) in [5.41, 5.74) is 0.965. The third kappa shape index (κ3) is 6.02. The van der Waals surface area contributed by atoms with Gasteiger partial charge in [-0.2, -0.15) is 4.31 Å². The molecular weight excluding hydrogens is 418 g/mol. The molecule has 1 aromatic heterocycles. The Kier molecular flexibility index (Phi) is 8.24. The summed E-state index contributed by atoms with van der Waals surface area (Å²) in [5, 5.41) is 7.58. The van der Waals surface area contributed by atoms with E-state index in [1.165, 1.54) is 4.88 Å². The van der Waals surface area contributed by atoms with E-state index in [-0.39, 0.29) is 0 Å². The molecule has 2 heterocycles. The minimum Gasteiger partial charge on any atom is -0.357 e. The highest BCUT2D eigenvalue weighted by molar-refractivity contribution is 7.89. The number of nitrogens with one attached hydrogen (secondary N) is 2. The van der Waals surface area contributed by atoms with Gasteiger partial charge in [-0.3, -0.25) is 0 Å². The maximum Gasteiger partial charge on any atom is 0.243 e. The van der Waals surface area contributed by atoms with Crippen LogP contribution in [0.2, 0.25) is 0 Å². The van der Waals surface area contributed by atoms with Crippen molar-refractivity contribution >= 4 is 27.3 Å². The van der Waals surface area contributed by atoms with Gasteiger partial charge in [-0.05, 0) is 43.9 Å². The Morgan fingerprint density at radius 2 is 1.87 bits per heavy atom. The molecule has 1 aliphatic heterocycles. The van der Waals surface area contributed by atoms with E-state index in [0.717, 1.165) is 48.8 Å². The van der Waals surface area contributed by atoms with Crippen LogP contribution in [0.25, 0.3) is 0 Å². The van der Waals surface area contributed by atoms with Crippen molar-refractivity contribution in [3.63, 3.8) is 0 Å². The molecule has 0 atom stereocenters. The molecule has 0 unspecified atom stereocenters. The van der Waals surface area contributed by atoms with Gasteiger partial charge in [-0.15, -0.1) is 11.3 Å². The molecule has 0 aliphatic carbocycles. The maximum absolute atomic E-state index is 12.8. The highest BCUT2D eigenvalue weighted by atomic mass is 32.2. The zero-order valence-electron chi connectivity index (χ0n) is 17.7. The number of benzene rings is 1. The molecule has 0 saturated carbocycles. The lowest BCUT2D eigenvalue weighted by molar-refractivity contribution is 0.346. The first-order chi connectivity index (χ1) is 14.5. The SMILES string of the molecule is CCNC(=NCc1ccc(S(=O)(=O)N2CCCCC2)cc1)NCc1ncc(CC)s1. The second kappa shape index (κ2) is 10.9. The molecule has 7 nitrogen and oxygen atoms in total. The van der Waals surface area contributed by atoms with Gasteiger partial charge in [0, 0.05) is 30.7 Å². The molecule has 164 valence electrons. The first kappa shape index (κ1) is 22.7. The van der Waals surface area contributed by atoms with Gasteiger partial charge in [-0.25, -0.2) is 18.4 Å². The second-order valence-electron chi connectivity index (χ2n) is 7.23. The van der Waals surface area contributed by atoms with E-state index >= 15 is 0 Å². The van der Waals surface area contributed by atoms with Gasteiger partial charge in [-0.1, -0.05) is 25.5 Å². The average Bonchev–Trinajstić information content (AvgIpc) is 3.25. The van der Waals surface area contributed by atoms with Crippen LogP contribution < -0.4 is 10.6 Å². The third-order valence-electron chi connectivity index (χ3n) is 5.00. The Balaban J connectivity index is 1.61. The van der Waals surface area contributed by atoms with E-state index in [1.807, 2.05) is 25.3 Å². The van der Waals surface area contributed by atoms with Crippen molar-refractivity contribution in [3.8, 4) is 0 Å². The van der Waals surface area contributed by atoms with Gasteiger partial charge < -0.3 is 10.6 Å². The van der Waals surface area contributed by atoms with Crippen LogP contribution in [0.3, 0.4) is 0 Å². The normalized spacial score (nSPS) is 15.9. The van der Waals surface area contributed by atoms with Crippen LogP contribution in [-0.4, -0.2) is 43.3 Å². The first-order valence-electron chi connectivity index (χ1n) is 10.6. The molecule has 1 aliphatic rings. The fourth-order valence-electron chi connectivity index (χ4n) is 3.29. The number of hydrogen-bond acceptors (Lipinski definition) is 5. The molecule has 0 amide bonds. The molecule has 0 spiro atoms. The lowest BCUT2D eigenvalue weighted by atomic mass is 10.2. The molecule has 2 aromatic rings. The van der Waals surface area contributed by atoms with Gasteiger partial charge in [0.2, 0.25) is 10.0 Å². The molecule has 0 bridgehead atoms. The number of rotatable bonds is 8. The van der Waals surface area contributed by atoms with E-state index in [1.54, 1.807) is 27.8 Å². The average molecular weight is 450 g/mol. The molecule has 1 saturated heterocycles. The number of sulfonamides is 1. The summed E-state index contributed by atoms with van der Waals surface area (Å²) >= 11 is 1.71. The zero-order valence-corrected chi connectivity index (χ0v) is 19.4. The Morgan fingerprint density at radius 3 is 2.50 bits per heavy atom. The van der Waals surface area contributed by atoms with Crippen LogP contribution in [0.15, 0.2) is 40.4 Å². The molecular formula is C21H31N5O2S2. The van der Waals surface area contributed by atoms with Crippen LogP contribution in [0, 0.1) is 0 Å². The molecule has 2 N–H and O–H groups in total. The Bertz CT molecular complexity index is 933. The van der Waals surface area contributed by atoms with Crippen molar-refractivity contribution in [3.05, 3.63) is 45.9 Å². The highest BCUT2D eigenvalue weighted by Gasteiger charge is 2.25. The number of hydrogen-bond donors (Lipinski definition) is 2. The van der Waals surface area contributed by atoms with E-state index in [0.29, 0.717) is 31.1 Å². The largest absolute Gasteiger partial charge is 0.357 e. The van der Waals surface area contributed by atoms with Crippen LogP contribution in [0.5, 0.6) is 0 Å². The smallest absolute Gasteiger partial charge is 0.243 e. The van der Waals surface area contributed by atoms with Gasteiger partial charge in [0.15, 0.2) is 5.96 Å². The van der Waals surface area contributed by atoms with Crippen molar-refractivity contribution in [2.45, 2.75) is 57.5 Å². The number of thiazole rings is 1. The predicted octanol–water partition coefficient (Wildman–Crippen LogP) is 3.14. The fourth-order valence-corrected chi connectivity index (χ4v) is 5.61. The number of aryl methyl sites for hydroxylation is 1. The van der Waals surface area contributed by atoms with Crippen LogP contribution in [0.4, 0.5) is 0 Å². The van der Waals surface area contributed by atoms with Gasteiger partial charge >= 0.3 is 0 Å². The van der Waals surface area contributed by atoms with Crippen molar-refractivity contribution in [1.29, 1.82) is 0 Å². The molecule has 3 rings (SSSR count). The summed E-state index contributed by atoms with van der Waals surface area (Å²) in [6, 6.07) is 7.07. The Labute approximate surface area is 183 Å². The minimum atomic E-state index is -3.39. The van der Waals surface area contributed by atoms with Gasteiger partial charge in [0.1, 0.15) is 5.01 Å². The van der Waals surface area contributed by atoms with Crippen molar-refractivity contribution in [2.75, 3.05) is 19.6 Å². The van der Waals surface area contributed by atoms with Crippen molar-refractivity contribution < 1.29 is 8.42 Å². The van der Waals surface area contributed by atoms with Gasteiger partial charge in [0.05, 0.1) is 18.0 Å². The number of guanidine groups is 1. The summed E-state index contributed by atoms with van der Waals surface area (Å²) in [4.78, 5) is 10.7. The number of aromatic nitrogens is 1. The fraction of sp³-hybridized carbons (Fsp3) is 0.524. The monoisotopic (exact) mass is 449 g/mol. The molecule has 1 fully saturated rings. The van der Waals surface area contributed by atoms with E-state index in [4.69, 9.17) is 0 Å².